The van der Waals surface area contributed by atoms with Crippen LogP contribution >= 0.6 is 11.3 Å². The fraction of sp³-hybridized carbons (Fsp3) is 0.118. The summed E-state index contributed by atoms with van der Waals surface area (Å²) in [7, 11) is 0. The molecular weight excluding hydrogens is 340 g/mol. The van der Waals surface area contributed by atoms with Crippen LogP contribution in [0.25, 0.3) is 10.6 Å². The van der Waals surface area contributed by atoms with E-state index in [1.807, 2.05) is 30.3 Å². The first-order valence-corrected chi connectivity index (χ1v) is 8.35. The van der Waals surface area contributed by atoms with E-state index in [9.17, 15) is 14.9 Å². The Kier molecular flexibility index (Phi) is 5.10. The number of nitrogens with zero attached hydrogens (tertiary/aromatic N) is 3. The van der Waals surface area contributed by atoms with Gasteiger partial charge in [-0.3, -0.25) is 14.9 Å². The number of hydrogen-bond donors (Lipinski definition) is 1. The second-order valence-corrected chi connectivity index (χ2v) is 6.23. The molecular formula is C17H14N4O3S. The van der Waals surface area contributed by atoms with E-state index in [1.54, 1.807) is 12.1 Å². The number of nitrogens with one attached hydrogen (secondary N) is 1. The number of benzene rings is 2. The van der Waals surface area contributed by atoms with Gasteiger partial charge in [0.15, 0.2) is 0 Å². The van der Waals surface area contributed by atoms with Crippen molar-refractivity contribution in [3.8, 4) is 10.6 Å². The van der Waals surface area contributed by atoms with Gasteiger partial charge in [-0.1, -0.05) is 53.8 Å². The molecule has 0 spiro atoms. The summed E-state index contributed by atoms with van der Waals surface area (Å²) in [6.07, 6.45) is 0.985. The number of rotatable bonds is 6. The SMILES string of the molecule is O=C(CCc1ccccc1)Nc1nnc(-c2cccc([N+](=O)[O-])c2)s1. The first kappa shape index (κ1) is 16.7. The molecule has 0 aliphatic rings. The van der Waals surface area contributed by atoms with Crippen LogP contribution in [0, 0.1) is 10.1 Å². The molecule has 0 atom stereocenters. The van der Waals surface area contributed by atoms with Crippen LogP contribution in [0.1, 0.15) is 12.0 Å². The molecule has 25 heavy (non-hydrogen) atoms. The van der Waals surface area contributed by atoms with E-state index < -0.39 is 4.92 Å². The molecule has 3 aromatic rings. The minimum Gasteiger partial charge on any atom is -0.301 e. The average molecular weight is 354 g/mol. The molecule has 3 rings (SSSR count). The highest BCUT2D eigenvalue weighted by molar-refractivity contribution is 7.18. The van der Waals surface area contributed by atoms with Crippen molar-refractivity contribution < 1.29 is 9.72 Å². The highest BCUT2D eigenvalue weighted by atomic mass is 32.1. The Morgan fingerprint density at radius 2 is 1.92 bits per heavy atom. The van der Waals surface area contributed by atoms with Gasteiger partial charge in [-0.15, -0.1) is 10.2 Å². The number of anilines is 1. The number of carbonyl (C=O) groups is 1. The Labute approximate surface area is 147 Å². The summed E-state index contributed by atoms with van der Waals surface area (Å²) < 4.78 is 0. The Balaban J connectivity index is 1.62. The van der Waals surface area contributed by atoms with Crippen LogP contribution in [0.2, 0.25) is 0 Å². The van der Waals surface area contributed by atoms with E-state index in [-0.39, 0.29) is 11.6 Å². The lowest BCUT2D eigenvalue weighted by Gasteiger charge is -2.01. The molecule has 1 amide bonds. The van der Waals surface area contributed by atoms with Gasteiger partial charge in [-0.25, -0.2) is 0 Å². The van der Waals surface area contributed by atoms with Gasteiger partial charge < -0.3 is 5.32 Å². The van der Waals surface area contributed by atoms with Crippen molar-refractivity contribution in [2.45, 2.75) is 12.8 Å². The second kappa shape index (κ2) is 7.63. The molecule has 0 radical (unpaired) electrons. The maximum atomic E-state index is 12.0. The molecule has 0 unspecified atom stereocenters. The van der Waals surface area contributed by atoms with Gasteiger partial charge in [0.1, 0.15) is 5.01 Å². The van der Waals surface area contributed by atoms with E-state index in [0.29, 0.717) is 28.5 Å². The number of carbonyl (C=O) groups excluding carboxylic acids is 1. The van der Waals surface area contributed by atoms with Gasteiger partial charge in [0, 0.05) is 24.1 Å². The van der Waals surface area contributed by atoms with Crippen LogP contribution in [0.5, 0.6) is 0 Å². The molecule has 0 saturated heterocycles. The van der Waals surface area contributed by atoms with Gasteiger partial charge in [-0.05, 0) is 12.0 Å². The van der Waals surface area contributed by atoms with E-state index in [1.165, 1.54) is 23.5 Å². The summed E-state index contributed by atoms with van der Waals surface area (Å²) in [6, 6.07) is 15.9. The van der Waals surface area contributed by atoms with Crippen LogP contribution in [-0.2, 0) is 11.2 Å². The van der Waals surface area contributed by atoms with Crippen LogP contribution in [0.3, 0.4) is 0 Å². The monoisotopic (exact) mass is 354 g/mol. The van der Waals surface area contributed by atoms with Crippen LogP contribution in [0.4, 0.5) is 10.8 Å². The third-order valence-corrected chi connectivity index (χ3v) is 4.35. The molecule has 126 valence electrons. The smallest absolute Gasteiger partial charge is 0.270 e. The van der Waals surface area contributed by atoms with Crippen LogP contribution < -0.4 is 5.32 Å². The molecule has 1 aromatic heterocycles. The van der Waals surface area contributed by atoms with Crippen molar-refractivity contribution in [1.82, 2.24) is 10.2 Å². The molecule has 0 bridgehead atoms. The minimum atomic E-state index is -0.462. The molecule has 0 fully saturated rings. The van der Waals surface area contributed by atoms with Gasteiger partial charge in [0.25, 0.3) is 5.69 Å². The zero-order valence-electron chi connectivity index (χ0n) is 13.1. The maximum Gasteiger partial charge on any atom is 0.270 e. The number of aromatic nitrogens is 2. The molecule has 8 heteroatoms. The fourth-order valence-electron chi connectivity index (χ4n) is 2.23. The van der Waals surface area contributed by atoms with E-state index in [4.69, 9.17) is 0 Å². The van der Waals surface area contributed by atoms with Gasteiger partial charge in [0.2, 0.25) is 11.0 Å². The average Bonchev–Trinajstić information content (AvgIpc) is 3.09. The number of amides is 1. The van der Waals surface area contributed by atoms with Gasteiger partial charge >= 0.3 is 0 Å². The predicted octanol–water partition coefficient (Wildman–Crippen LogP) is 3.68. The van der Waals surface area contributed by atoms with Gasteiger partial charge in [-0.2, -0.15) is 0 Å². The van der Waals surface area contributed by atoms with E-state index >= 15 is 0 Å². The molecule has 0 saturated carbocycles. The summed E-state index contributed by atoms with van der Waals surface area (Å²) in [5.41, 5.74) is 1.67. The first-order chi connectivity index (χ1) is 12.1. The number of nitro groups is 1. The minimum absolute atomic E-state index is 0.0128. The maximum absolute atomic E-state index is 12.0. The normalized spacial score (nSPS) is 10.4. The van der Waals surface area contributed by atoms with Crippen molar-refractivity contribution >= 4 is 28.1 Å². The fourth-order valence-corrected chi connectivity index (χ4v) is 2.98. The Morgan fingerprint density at radius 1 is 1.12 bits per heavy atom. The third-order valence-electron chi connectivity index (χ3n) is 3.46. The predicted molar refractivity (Wildman–Crippen MR) is 95.4 cm³/mol. The molecule has 7 nitrogen and oxygen atoms in total. The first-order valence-electron chi connectivity index (χ1n) is 7.54. The van der Waals surface area contributed by atoms with E-state index in [2.05, 4.69) is 15.5 Å². The molecule has 0 aliphatic heterocycles. The van der Waals surface area contributed by atoms with Crippen molar-refractivity contribution in [1.29, 1.82) is 0 Å². The topological polar surface area (TPSA) is 98.0 Å². The van der Waals surface area contributed by atoms with Crippen molar-refractivity contribution in [3.05, 3.63) is 70.3 Å². The largest absolute Gasteiger partial charge is 0.301 e. The lowest BCUT2D eigenvalue weighted by Crippen LogP contribution is -2.12. The lowest BCUT2D eigenvalue weighted by molar-refractivity contribution is -0.384. The van der Waals surface area contributed by atoms with E-state index in [0.717, 1.165) is 5.56 Å². The Morgan fingerprint density at radius 3 is 2.68 bits per heavy atom. The summed E-state index contributed by atoms with van der Waals surface area (Å²) in [5, 5.41) is 22.4. The second-order valence-electron chi connectivity index (χ2n) is 5.25. The summed E-state index contributed by atoms with van der Waals surface area (Å²) in [4.78, 5) is 22.4. The van der Waals surface area contributed by atoms with Crippen molar-refractivity contribution in [2.24, 2.45) is 0 Å². The zero-order valence-corrected chi connectivity index (χ0v) is 13.9. The molecule has 1 N–H and O–H groups in total. The molecule has 2 aromatic carbocycles. The van der Waals surface area contributed by atoms with Crippen molar-refractivity contribution in [3.63, 3.8) is 0 Å². The number of non-ortho nitro benzene ring substituents is 1. The zero-order chi connectivity index (χ0) is 17.6. The molecule has 0 aliphatic carbocycles. The number of aryl methyl sites for hydroxylation is 1. The highest BCUT2D eigenvalue weighted by Crippen LogP contribution is 2.28. The summed E-state index contributed by atoms with van der Waals surface area (Å²) >= 11 is 1.18. The molecule has 1 heterocycles. The summed E-state index contributed by atoms with van der Waals surface area (Å²) in [5.74, 6) is -0.148. The van der Waals surface area contributed by atoms with Crippen LogP contribution in [0.15, 0.2) is 54.6 Å². The number of hydrogen-bond acceptors (Lipinski definition) is 6. The Hall–Kier alpha value is -3.13. The number of nitro benzene ring substituents is 1. The third kappa shape index (κ3) is 4.45. The standard InChI is InChI=1S/C17H14N4O3S/c22-15(10-9-12-5-2-1-3-6-12)18-17-20-19-16(25-17)13-7-4-8-14(11-13)21(23)24/h1-8,11H,9-10H2,(H,18,20,22). The quantitative estimate of drug-likeness (QED) is 0.538. The lowest BCUT2D eigenvalue weighted by atomic mass is 10.1. The Bertz CT molecular complexity index is 896. The highest BCUT2D eigenvalue weighted by Gasteiger charge is 2.12. The van der Waals surface area contributed by atoms with Gasteiger partial charge in [0.05, 0.1) is 4.92 Å². The van der Waals surface area contributed by atoms with Crippen molar-refractivity contribution in [2.75, 3.05) is 5.32 Å². The summed E-state index contributed by atoms with van der Waals surface area (Å²) in [6.45, 7) is 0. The van der Waals surface area contributed by atoms with Crippen LogP contribution in [-0.4, -0.2) is 21.0 Å².